The molecule has 0 saturated heterocycles. The first-order valence-corrected chi connectivity index (χ1v) is 11.4. The number of rotatable bonds is 1. The Kier molecular flexibility index (Phi) is 3.53. The van der Waals surface area contributed by atoms with E-state index in [0.717, 1.165) is 30.6 Å². The summed E-state index contributed by atoms with van der Waals surface area (Å²) in [7, 11) is 0. The molecule has 0 heterocycles. The number of aliphatic hydroxyl groups excluding tert-OH is 1. The summed E-state index contributed by atoms with van der Waals surface area (Å²) in [5.41, 5.74) is 8.24. The van der Waals surface area contributed by atoms with Crippen molar-refractivity contribution in [2.24, 2.45) is 28.6 Å². The first-order valence-electron chi connectivity index (χ1n) is 11.4. The predicted molar refractivity (Wildman–Crippen MR) is 115 cm³/mol. The summed E-state index contributed by atoms with van der Waals surface area (Å²) in [6.07, 6.45) is 24.7. The summed E-state index contributed by atoms with van der Waals surface area (Å²) in [6.45, 7) is 5.10. The number of aliphatic hydroxyl groups is 1. The van der Waals surface area contributed by atoms with Gasteiger partial charge in [-0.3, -0.25) is 0 Å². The molecule has 0 spiro atoms. The molecule has 1 nitrogen and oxygen atoms in total. The van der Waals surface area contributed by atoms with Crippen LogP contribution in [0.3, 0.4) is 0 Å². The van der Waals surface area contributed by atoms with Crippen molar-refractivity contribution in [2.45, 2.75) is 64.9 Å². The van der Waals surface area contributed by atoms with Crippen molar-refractivity contribution >= 4 is 0 Å². The van der Waals surface area contributed by atoms with Crippen molar-refractivity contribution in [3.63, 3.8) is 0 Å². The standard InChI is InChI=1S/C27H32O/c1-26-14-12-19(28)16-18(26)7-9-22-24-11-10-23(27(24,2)15-13-25(22)26)21-8-6-17-4-3-5-20(17)21/h3-8,10,19,22,24-25,28H,9,11-16H2,1-2H3/t19-,22?,24?,25?,26-,27+/m0/s1. The van der Waals surface area contributed by atoms with E-state index in [-0.39, 0.29) is 6.10 Å². The first-order chi connectivity index (χ1) is 13.5. The van der Waals surface area contributed by atoms with Crippen molar-refractivity contribution in [2.75, 3.05) is 0 Å². The second-order valence-electron chi connectivity index (χ2n) is 10.6. The zero-order valence-electron chi connectivity index (χ0n) is 17.2. The van der Waals surface area contributed by atoms with Crippen molar-refractivity contribution in [3.8, 4) is 0 Å². The Morgan fingerprint density at radius 3 is 2.64 bits per heavy atom. The molecule has 6 aliphatic carbocycles. The van der Waals surface area contributed by atoms with E-state index in [4.69, 9.17) is 0 Å². The average molecular weight is 373 g/mol. The highest BCUT2D eigenvalue weighted by Gasteiger charge is 2.57. The third-order valence-corrected chi connectivity index (χ3v) is 9.52. The molecule has 0 radical (unpaired) electrons. The van der Waals surface area contributed by atoms with Crippen LogP contribution in [0.15, 0.2) is 70.4 Å². The molecule has 3 unspecified atom stereocenters. The fourth-order valence-corrected chi connectivity index (χ4v) is 7.95. The van der Waals surface area contributed by atoms with Crippen LogP contribution in [0.1, 0.15) is 58.8 Å². The van der Waals surface area contributed by atoms with Crippen molar-refractivity contribution in [1.82, 2.24) is 0 Å². The van der Waals surface area contributed by atoms with Gasteiger partial charge in [0.05, 0.1) is 6.10 Å². The zero-order chi connectivity index (χ0) is 19.1. The largest absolute Gasteiger partial charge is 0.393 e. The van der Waals surface area contributed by atoms with Gasteiger partial charge in [-0.25, -0.2) is 0 Å². The van der Waals surface area contributed by atoms with E-state index in [1.807, 2.05) is 0 Å². The van der Waals surface area contributed by atoms with E-state index < -0.39 is 0 Å². The quantitative estimate of drug-likeness (QED) is 0.543. The predicted octanol–water partition coefficient (Wildman–Crippen LogP) is 6.21. The van der Waals surface area contributed by atoms with Crippen molar-refractivity contribution < 1.29 is 5.11 Å². The number of hydrogen-bond acceptors (Lipinski definition) is 1. The number of allylic oxidation sites excluding steroid dienone is 11. The molecule has 28 heavy (non-hydrogen) atoms. The van der Waals surface area contributed by atoms with Crippen LogP contribution in [-0.2, 0) is 0 Å². The van der Waals surface area contributed by atoms with Crippen LogP contribution in [0.2, 0.25) is 0 Å². The summed E-state index contributed by atoms with van der Waals surface area (Å²) >= 11 is 0. The molecular weight excluding hydrogens is 340 g/mol. The summed E-state index contributed by atoms with van der Waals surface area (Å²) in [5.74, 6) is 2.40. The molecule has 0 aromatic carbocycles. The summed E-state index contributed by atoms with van der Waals surface area (Å²) < 4.78 is 0. The normalized spacial score (nSPS) is 45.9. The van der Waals surface area contributed by atoms with E-state index in [2.05, 4.69) is 56.4 Å². The van der Waals surface area contributed by atoms with Crippen LogP contribution >= 0.6 is 0 Å². The molecule has 0 bridgehead atoms. The highest BCUT2D eigenvalue weighted by Crippen LogP contribution is 2.66. The van der Waals surface area contributed by atoms with E-state index in [0.29, 0.717) is 10.8 Å². The smallest absolute Gasteiger partial charge is 0.0577 e. The number of hydrogen-bond donors (Lipinski definition) is 1. The molecule has 6 rings (SSSR count). The molecule has 6 aliphatic rings. The Morgan fingerprint density at radius 1 is 0.893 bits per heavy atom. The molecule has 6 atom stereocenters. The van der Waals surface area contributed by atoms with Gasteiger partial charge in [0.2, 0.25) is 0 Å². The van der Waals surface area contributed by atoms with Crippen molar-refractivity contribution in [3.05, 3.63) is 70.4 Å². The Bertz CT molecular complexity index is 922. The first kappa shape index (κ1) is 17.3. The Morgan fingerprint density at radius 2 is 1.75 bits per heavy atom. The maximum absolute atomic E-state index is 10.2. The lowest BCUT2D eigenvalue weighted by Gasteiger charge is -2.57. The van der Waals surface area contributed by atoms with Crippen LogP contribution in [-0.4, -0.2) is 11.2 Å². The van der Waals surface area contributed by atoms with Crippen LogP contribution in [0.5, 0.6) is 0 Å². The minimum Gasteiger partial charge on any atom is -0.393 e. The van der Waals surface area contributed by atoms with Gasteiger partial charge >= 0.3 is 0 Å². The van der Waals surface area contributed by atoms with Gasteiger partial charge in [-0.15, -0.1) is 0 Å². The minimum absolute atomic E-state index is 0.103. The summed E-state index contributed by atoms with van der Waals surface area (Å²) in [5, 5.41) is 10.2. The molecule has 0 amide bonds. The molecule has 2 fully saturated rings. The van der Waals surface area contributed by atoms with Gasteiger partial charge < -0.3 is 5.11 Å². The van der Waals surface area contributed by atoms with Gasteiger partial charge in [0.15, 0.2) is 0 Å². The van der Waals surface area contributed by atoms with Crippen LogP contribution in [0.4, 0.5) is 0 Å². The third-order valence-electron chi connectivity index (χ3n) is 9.52. The van der Waals surface area contributed by atoms with E-state index in [1.54, 1.807) is 11.1 Å². The molecule has 0 aliphatic heterocycles. The number of fused-ring (bicyclic) bond motifs is 6. The molecule has 1 N–H and O–H groups in total. The van der Waals surface area contributed by atoms with E-state index >= 15 is 0 Å². The summed E-state index contributed by atoms with van der Waals surface area (Å²) in [6, 6.07) is 0. The van der Waals surface area contributed by atoms with Crippen LogP contribution < -0.4 is 0 Å². The SMILES string of the molecule is C[C@]12CC[C@H](O)CC1=CCC1C2CC[C@]2(C)C(C3=CC=C4C=CC=C43)=CCC12. The molecule has 146 valence electrons. The molecule has 2 saturated carbocycles. The summed E-state index contributed by atoms with van der Waals surface area (Å²) in [4.78, 5) is 0. The van der Waals surface area contributed by atoms with Crippen LogP contribution in [0, 0.1) is 28.6 Å². The minimum atomic E-state index is -0.103. The highest BCUT2D eigenvalue weighted by molar-refractivity contribution is 5.70. The fourth-order valence-electron chi connectivity index (χ4n) is 7.95. The zero-order valence-corrected chi connectivity index (χ0v) is 17.2. The van der Waals surface area contributed by atoms with Crippen LogP contribution in [0.25, 0.3) is 0 Å². The maximum atomic E-state index is 10.2. The lowest BCUT2D eigenvalue weighted by atomic mass is 9.47. The lowest BCUT2D eigenvalue weighted by Crippen LogP contribution is -2.50. The second kappa shape index (κ2) is 5.72. The molecule has 0 aromatic rings. The van der Waals surface area contributed by atoms with E-state index in [1.165, 1.54) is 48.8 Å². The van der Waals surface area contributed by atoms with Gasteiger partial charge in [0.25, 0.3) is 0 Å². The van der Waals surface area contributed by atoms with Gasteiger partial charge in [0, 0.05) is 0 Å². The van der Waals surface area contributed by atoms with Gasteiger partial charge in [-0.05, 0) is 95.8 Å². The monoisotopic (exact) mass is 372 g/mol. The van der Waals surface area contributed by atoms with Gasteiger partial charge in [-0.1, -0.05) is 62.0 Å². The third kappa shape index (κ3) is 2.12. The Labute approximate surface area is 169 Å². The Hall–Kier alpha value is -1.60. The van der Waals surface area contributed by atoms with E-state index in [9.17, 15) is 5.11 Å². The lowest BCUT2D eigenvalue weighted by molar-refractivity contribution is -0.0287. The second-order valence-corrected chi connectivity index (χ2v) is 10.6. The van der Waals surface area contributed by atoms with Gasteiger partial charge in [0.1, 0.15) is 0 Å². The Balaban J connectivity index is 1.32. The molecule has 0 aromatic heterocycles. The molecule has 1 heteroatoms. The topological polar surface area (TPSA) is 20.2 Å². The average Bonchev–Trinajstić information content (AvgIpc) is 3.36. The molecular formula is C27H32O. The highest BCUT2D eigenvalue weighted by atomic mass is 16.3. The van der Waals surface area contributed by atoms with Crippen molar-refractivity contribution in [1.29, 1.82) is 0 Å². The fraction of sp³-hybridized carbons (Fsp3) is 0.556. The van der Waals surface area contributed by atoms with Gasteiger partial charge in [-0.2, -0.15) is 0 Å². The maximum Gasteiger partial charge on any atom is 0.0577 e.